The van der Waals surface area contributed by atoms with Crippen LogP contribution in [0.4, 0.5) is 15.2 Å². The van der Waals surface area contributed by atoms with Gasteiger partial charge in [0, 0.05) is 54.4 Å². The maximum absolute atomic E-state index is 13.9. The van der Waals surface area contributed by atoms with E-state index in [0.29, 0.717) is 16.5 Å². The molecule has 0 spiro atoms. The molecule has 1 saturated heterocycles. The fourth-order valence-electron chi connectivity index (χ4n) is 2.83. The van der Waals surface area contributed by atoms with E-state index in [1.54, 1.807) is 12.1 Å². The molecule has 1 radical (unpaired) electrons. The van der Waals surface area contributed by atoms with E-state index >= 15 is 0 Å². The van der Waals surface area contributed by atoms with Gasteiger partial charge >= 0.3 is 0 Å². The van der Waals surface area contributed by atoms with Crippen LogP contribution in [0.15, 0.2) is 42.5 Å². The molecule has 3 aromatic rings. The molecule has 127 valence electrons. The van der Waals surface area contributed by atoms with Gasteiger partial charge in [0.1, 0.15) is 5.82 Å². The predicted molar refractivity (Wildman–Crippen MR) is 100 cm³/mol. The fraction of sp³-hybridized carbons (Fsp3) is 0.222. The molecule has 0 unspecified atom stereocenters. The van der Waals surface area contributed by atoms with Crippen molar-refractivity contribution in [3.63, 3.8) is 0 Å². The molecule has 1 fully saturated rings. The molecule has 0 bridgehead atoms. The standard InChI is InChI=1S/C18H15ClFN4S/c19-14-7-5-13(6-8-14)17-21-18(25-22-17)24-11-9-23(10-12-24)16-4-2-1-3-15(16)20/h1-3,5-8H,9-12H2. The highest BCUT2D eigenvalue weighted by Crippen LogP contribution is 2.27. The molecule has 0 atom stereocenters. The van der Waals surface area contributed by atoms with Crippen LogP contribution >= 0.6 is 23.1 Å². The zero-order valence-corrected chi connectivity index (χ0v) is 14.9. The molecule has 4 rings (SSSR count). The lowest BCUT2D eigenvalue weighted by molar-refractivity contribution is 0.597. The van der Waals surface area contributed by atoms with Crippen LogP contribution in [0, 0.1) is 11.9 Å². The van der Waals surface area contributed by atoms with Gasteiger partial charge < -0.3 is 9.80 Å². The lowest BCUT2D eigenvalue weighted by Crippen LogP contribution is -2.46. The molecule has 2 aromatic carbocycles. The van der Waals surface area contributed by atoms with Gasteiger partial charge in [0.25, 0.3) is 0 Å². The molecule has 25 heavy (non-hydrogen) atoms. The summed E-state index contributed by atoms with van der Waals surface area (Å²) in [4.78, 5) is 8.85. The van der Waals surface area contributed by atoms with Gasteiger partial charge in [-0.15, -0.1) is 0 Å². The van der Waals surface area contributed by atoms with Crippen LogP contribution in [0.2, 0.25) is 5.02 Å². The topological polar surface area (TPSA) is 32.3 Å². The Bertz CT molecular complexity index is 860. The van der Waals surface area contributed by atoms with Crippen molar-refractivity contribution in [1.29, 1.82) is 0 Å². The molecule has 1 aromatic heterocycles. The van der Waals surface area contributed by atoms with Crippen LogP contribution in [0.3, 0.4) is 0 Å². The van der Waals surface area contributed by atoms with Crippen molar-refractivity contribution in [2.75, 3.05) is 36.0 Å². The summed E-state index contributed by atoms with van der Waals surface area (Å²) in [5.74, 6) is 0.485. The van der Waals surface area contributed by atoms with E-state index in [0.717, 1.165) is 36.9 Å². The first-order valence-electron chi connectivity index (χ1n) is 7.96. The van der Waals surface area contributed by atoms with Gasteiger partial charge in [-0.05, 0) is 30.3 Å². The fourth-order valence-corrected chi connectivity index (χ4v) is 3.70. The van der Waals surface area contributed by atoms with Crippen molar-refractivity contribution in [2.24, 2.45) is 0 Å². The zero-order chi connectivity index (χ0) is 17.2. The van der Waals surface area contributed by atoms with Crippen molar-refractivity contribution in [3.8, 4) is 11.4 Å². The zero-order valence-electron chi connectivity index (χ0n) is 13.3. The third-order valence-electron chi connectivity index (χ3n) is 4.17. The minimum Gasteiger partial charge on any atom is -0.365 e. The largest absolute Gasteiger partial charge is 0.365 e. The Hall–Kier alpha value is -2.18. The van der Waals surface area contributed by atoms with Crippen LogP contribution in [0.1, 0.15) is 0 Å². The molecule has 0 saturated carbocycles. The van der Waals surface area contributed by atoms with Gasteiger partial charge in [-0.1, -0.05) is 23.7 Å². The molecular formula is C18H15ClFN4S. The van der Waals surface area contributed by atoms with Gasteiger partial charge in [-0.2, -0.15) is 9.36 Å². The van der Waals surface area contributed by atoms with E-state index in [1.807, 2.05) is 29.2 Å². The number of anilines is 2. The van der Waals surface area contributed by atoms with E-state index in [9.17, 15) is 4.39 Å². The van der Waals surface area contributed by atoms with Gasteiger partial charge in [0.2, 0.25) is 5.13 Å². The predicted octanol–water partition coefficient (Wildman–Crippen LogP) is 4.12. The highest BCUT2D eigenvalue weighted by molar-refractivity contribution is 7.09. The van der Waals surface area contributed by atoms with Crippen LogP contribution < -0.4 is 9.80 Å². The third kappa shape index (κ3) is 3.45. The molecule has 0 N–H and O–H groups in total. The lowest BCUT2D eigenvalue weighted by Gasteiger charge is -2.35. The Morgan fingerprint density at radius 2 is 1.76 bits per heavy atom. The Balaban J connectivity index is 1.45. The summed E-state index contributed by atoms with van der Waals surface area (Å²) in [6.07, 6.45) is 0. The van der Waals surface area contributed by atoms with E-state index < -0.39 is 0 Å². The van der Waals surface area contributed by atoms with E-state index in [2.05, 4.69) is 20.3 Å². The maximum Gasteiger partial charge on any atom is 0.205 e. The van der Waals surface area contributed by atoms with Crippen molar-refractivity contribution < 1.29 is 4.39 Å². The summed E-state index contributed by atoms with van der Waals surface area (Å²) in [6, 6.07) is 15.4. The summed E-state index contributed by atoms with van der Waals surface area (Å²) >= 11 is 7.31. The van der Waals surface area contributed by atoms with Crippen molar-refractivity contribution in [3.05, 3.63) is 59.4 Å². The minimum atomic E-state index is -0.225. The summed E-state index contributed by atoms with van der Waals surface area (Å²) in [7, 11) is 0. The van der Waals surface area contributed by atoms with Crippen LogP contribution in [-0.2, 0) is 0 Å². The summed E-state index contributed by atoms with van der Waals surface area (Å²) in [5, 5.41) is 1.59. The highest BCUT2D eigenvalue weighted by Gasteiger charge is 2.22. The van der Waals surface area contributed by atoms with Gasteiger partial charge in [0.15, 0.2) is 5.82 Å². The number of aromatic nitrogens is 2. The average molecular weight is 374 g/mol. The SMILES string of the molecule is Fc1ccc[c]c1N1CCN(c2nc(-c3ccc(Cl)cc3)ns2)CC1. The normalized spacial score (nSPS) is 14.8. The van der Waals surface area contributed by atoms with Crippen LogP contribution in [0.25, 0.3) is 11.4 Å². The maximum atomic E-state index is 13.9. The molecule has 4 nitrogen and oxygen atoms in total. The third-order valence-corrected chi connectivity index (χ3v) is 5.20. The number of benzene rings is 2. The molecule has 7 heteroatoms. The van der Waals surface area contributed by atoms with Crippen molar-refractivity contribution in [1.82, 2.24) is 9.36 Å². The number of hydrogen-bond acceptors (Lipinski definition) is 5. The Morgan fingerprint density at radius 1 is 1.04 bits per heavy atom. The van der Waals surface area contributed by atoms with Gasteiger partial charge in [0.05, 0.1) is 5.69 Å². The summed E-state index contributed by atoms with van der Waals surface area (Å²) in [6.45, 7) is 3.01. The number of nitrogens with zero attached hydrogens (tertiary/aromatic N) is 4. The Labute approximate surface area is 154 Å². The Kier molecular flexibility index (Phi) is 4.55. The highest BCUT2D eigenvalue weighted by atomic mass is 35.5. The minimum absolute atomic E-state index is 0.225. The van der Waals surface area contributed by atoms with Crippen molar-refractivity contribution >= 4 is 34.0 Å². The molecular weight excluding hydrogens is 359 g/mol. The first-order chi connectivity index (χ1) is 12.2. The smallest absolute Gasteiger partial charge is 0.205 e. The second kappa shape index (κ2) is 6.98. The van der Waals surface area contributed by atoms with Gasteiger partial charge in [-0.25, -0.2) is 4.39 Å². The molecule has 1 aliphatic rings. The number of piperazine rings is 1. The number of halogens is 2. The van der Waals surface area contributed by atoms with E-state index in [4.69, 9.17) is 11.6 Å². The number of rotatable bonds is 3. The van der Waals surface area contributed by atoms with Crippen molar-refractivity contribution in [2.45, 2.75) is 0 Å². The summed E-state index contributed by atoms with van der Waals surface area (Å²) < 4.78 is 18.3. The van der Waals surface area contributed by atoms with E-state index in [1.165, 1.54) is 17.6 Å². The molecule has 0 aliphatic carbocycles. The molecule has 0 amide bonds. The quantitative estimate of drug-likeness (QED) is 0.691. The van der Waals surface area contributed by atoms with Gasteiger partial charge in [-0.3, -0.25) is 0 Å². The number of hydrogen-bond donors (Lipinski definition) is 0. The molecule has 2 heterocycles. The first-order valence-corrected chi connectivity index (χ1v) is 9.11. The second-order valence-electron chi connectivity index (χ2n) is 5.75. The number of para-hydroxylation sites is 1. The van der Waals surface area contributed by atoms with Crippen LogP contribution in [0.5, 0.6) is 0 Å². The lowest BCUT2D eigenvalue weighted by atomic mass is 10.2. The first kappa shape index (κ1) is 16.3. The average Bonchev–Trinajstić information content (AvgIpc) is 3.13. The monoisotopic (exact) mass is 373 g/mol. The van der Waals surface area contributed by atoms with Crippen LogP contribution in [-0.4, -0.2) is 35.5 Å². The molecule has 1 aliphatic heterocycles. The summed E-state index contributed by atoms with van der Waals surface area (Å²) in [5.41, 5.74) is 1.49. The Morgan fingerprint density at radius 3 is 2.48 bits per heavy atom. The second-order valence-corrected chi connectivity index (χ2v) is 6.91. The van der Waals surface area contributed by atoms with E-state index in [-0.39, 0.29) is 5.82 Å².